The van der Waals surface area contributed by atoms with Gasteiger partial charge in [-0.3, -0.25) is 0 Å². The van der Waals surface area contributed by atoms with Crippen LogP contribution in [0.25, 0.3) is 0 Å². The third kappa shape index (κ3) is 2.55. The summed E-state index contributed by atoms with van der Waals surface area (Å²) >= 11 is 3.48. The molecule has 0 aliphatic heterocycles. The molecule has 0 spiro atoms. The van der Waals surface area contributed by atoms with Gasteiger partial charge in [-0.15, -0.1) is 0 Å². The predicted molar refractivity (Wildman–Crippen MR) is 70.9 cm³/mol. The molecule has 1 aliphatic carbocycles. The fourth-order valence-electron chi connectivity index (χ4n) is 2.44. The first-order valence-electron chi connectivity index (χ1n) is 5.95. The quantitative estimate of drug-likeness (QED) is 0.817. The second kappa shape index (κ2) is 5.48. The van der Waals surface area contributed by atoms with Gasteiger partial charge in [0.05, 0.1) is 6.61 Å². The zero-order valence-electron chi connectivity index (χ0n) is 9.79. The molecule has 17 heavy (non-hydrogen) atoms. The Morgan fingerprint density at radius 3 is 3.00 bits per heavy atom. The molecule has 2 rings (SSSR count). The van der Waals surface area contributed by atoms with Gasteiger partial charge >= 0.3 is 0 Å². The van der Waals surface area contributed by atoms with Crippen LogP contribution in [0.1, 0.15) is 24.0 Å². The number of fused-ring (bicyclic) bond motifs is 1. The second-order valence-corrected chi connectivity index (χ2v) is 5.34. The molecule has 4 heteroatoms. The van der Waals surface area contributed by atoms with Gasteiger partial charge in [-0.1, -0.05) is 22.0 Å². The van der Waals surface area contributed by atoms with Gasteiger partial charge in [0.15, 0.2) is 0 Å². The van der Waals surface area contributed by atoms with Crippen molar-refractivity contribution >= 4 is 15.9 Å². The lowest BCUT2D eigenvalue weighted by Crippen LogP contribution is -2.36. The topological polar surface area (TPSA) is 55.5 Å². The van der Waals surface area contributed by atoms with Crippen molar-refractivity contribution in [3.8, 4) is 0 Å². The molecule has 0 bridgehead atoms. The molecule has 3 N–H and O–H groups in total. The Morgan fingerprint density at radius 2 is 2.29 bits per heavy atom. The van der Waals surface area contributed by atoms with Crippen LogP contribution in [-0.4, -0.2) is 24.9 Å². The highest BCUT2D eigenvalue weighted by Crippen LogP contribution is 2.40. The molecule has 1 aliphatic rings. The van der Waals surface area contributed by atoms with Crippen LogP contribution in [0, 0.1) is 0 Å². The van der Waals surface area contributed by atoms with Crippen LogP contribution in [0.2, 0.25) is 0 Å². The highest BCUT2D eigenvalue weighted by molar-refractivity contribution is 9.10. The minimum Gasteiger partial charge on any atom is -0.396 e. The summed E-state index contributed by atoms with van der Waals surface area (Å²) in [6.45, 7) is 1.21. The lowest BCUT2D eigenvalue weighted by molar-refractivity contribution is -0.0467. The number of aliphatic hydroxyl groups is 1. The Balaban J connectivity index is 2.21. The first-order valence-corrected chi connectivity index (χ1v) is 6.75. The Kier molecular flexibility index (Phi) is 4.20. The summed E-state index contributed by atoms with van der Waals surface area (Å²) in [6.07, 6.45) is 2.60. The van der Waals surface area contributed by atoms with Crippen LogP contribution < -0.4 is 5.73 Å². The molecule has 1 unspecified atom stereocenters. The fraction of sp³-hybridized carbons (Fsp3) is 0.538. The van der Waals surface area contributed by atoms with E-state index in [0.717, 1.165) is 17.3 Å². The van der Waals surface area contributed by atoms with Crippen molar-refractivity contribution in [2.75, 3.05) is 19.8 Å². The second-order valence-electron chi connectivity index (χ2n) is 4.43. The van der Waals surface area contributed by atoms with Gasteiger partial charge in [0.2, 0.25) is 0 Å². The van der Waals surface area contributed by atoms with E-state index in [4.69, 9.17) is 15.6 Å². The molecule has 0 aromatic heterocycles. The van der Waals surface area contributed by atoms with Crippen molar-refractivity contribution in [3.05, 3.63) is 33.8 Å². The van der Waals surface area contributed by atoms with Crippen molar-refractivity contribution in [3.63, 3.8) is 0 Å². The zero-order valence-corrected chi connectivity index (χ0v) is 11.4. The monoisotopic (exact) mass is 299 g/mol. The summed E-state index contributed by atoms with van der Waals surface area (Å²) in [4.78, 5) is 0. The molecule has 1 aromatic carbocycles. The van der Waals surface area contributed by atoms with Gasteiger partial charge < -0.3 is 15.6 Å². The number of aryl methyl sites for hydroxylation is 1. The summed E-state index contributed by atoms with van der Waals surface area (Å²) in [5.41, 5.74) is 8.09. The maximum absolute atomic E-state index is 8.81. The normalized spacial score (nSPS) is 22.8. The van der Waals surface area contributed by atoms with Crippen molar-refractivity contribution in [2.45, 2.75) is 24.9 Å². The Morgan fingerprint density at radius 1 is 1.47 bits per heavy atom. The number of rotatable bonds is 5. The lowest BCUT2D eigenvalue weighted by Gasteiger charge is -2.29. The SMILES string of the molecule is NCC1(OCCCO)CCc2cc(Br)ccc21. The van der Waals surface area contributed by atoms with E-state index < -0.39 is 0 Å². The first-order chi connectivity index (χ1) is 8.22. The molecular formula is C13H18BrNO2. The van der Waals surface area contributed by atoms with Crippen molar-refractivity contribution < 1.29 is 9.84 Å². The molecule has 0 heterocycles. The molecular weight excluding hydrogens is 282 g/mol. The minimum atomic E-state index is -0.342. The molecule has 1 atom stereocenters. The van der Waals surface area contributed by atoms with Gasteiger partial charge in [0.25, 0.3) is 0 Å². The maximum Gasteiger partial charge on any atom is 0.106 e. The number of hydrogen-bond donors (Lipinski definition) is 2. The summed E-state index contributed by atoms with van der Waals surface area (Å²) in [6, 6.07) is 6.27. The average Bonchev–Trinajstić information content (AvgIpc) is 2.68. The summed E-state index contributed by atoms with van der Waals surface area (Å²) in [7, 11) is 0. The van der Waals surface area contributed by atoms with E-state index in [1.807, 2.05) is 6.07 Å². The van der Waals surface area contributed by atoms with E-state index in [9.17, 15) is 0 Å². The van der Waals surface area contributed by atoms with E-state index in [-0.39, 0.29) is 12.2 Å². The van der Waals surface area contributed by atoms with Crippen molar-refractivity contribution in [2.24, 2.45) is 5.73 Å². The fourth-order valence-corrected chi connectivity index (χ4v) is 2.85. The van der Waals surface area contributed by atoms with Crippen molar-refractivity contribution in [1.82, 2.24) is 0 Å². The van der Waals surface area contributed by atoms with Gasteiger partial charge in [-0.25, -0.2) is 0 Å². The highest BCUT2D eigenvalue weighted by Gasteiger charge is 2.38. The third-order valence-corrected chi connectivity index (χ3v) is 3.86. The van der Waals surface area contributed by atoms with Crippen molar-refractivity contribution in [1.29, 1.82) is 0 Å². The number of aliphatic hydroxyl groups excluding tert-OH is 1. The van der Waals surface area contributed by atoms with Crippen LogP contribution >= 0.6 is 15.9 Å². The lowest BCUT2D eigenvalue weighted by atomic mass is 9.96. The summed E-state index contributed by atoms with van der Waals surface area (Å²) in [5, 5.41) is 8.81. The number of halogens is 1. The smallest absolute Gasteiger partial charge is 0.106 e. The average molecular weight is 300 g/mol. The predicted octanol–water partition coefficient (Wildman–Crippen LogP) is 1.95. The van der Waals surface area contributed by atoms with E-state index >= 15 is 0 Å². The van der Waals surface area contributed by atoms with Crippen LogP contribution in [0.3, 0.4) is 0 Å². The molecule has 0 saturated heterocycles. The molecule has 0 fully saturated rings. The van der Waals surface area contributed by atoms with Crippen LogP contribution in [0.5, 0.6) is 0 Å². The maximum atomic E-state index is 8.81. The Bertz CT molecular complexity index is 397. The van der Waals surface area contributed by atoms with E-state index in [0.29, 0.717) is 19.6 Å². The van der Waals surface area contributed by atoms with Gasteiger partial charge in [-0.2, -0.15) is 0 Å². The molecule has 0 amide bonds. The van der Waals surface area contributed by atoms with Gasteiger partial charge in [0.1, 0.15) is 5.60 Å². The van der Waals surface area contributed by atoms with E-state index in [1.165, 1.54) is 11.1 Å². The minimum absolute atomic E-state index is 0.161. The summed E-state index contributed by atoms with van der Waals surface area (Å²) in [5.74, 6) is 0. The van der Waals surface area contributed by atoms with Crippen LogP contribution in [0.4, 0.5) is 0 Å². The van der Waals surface area contributed by atoms with E-state index in [2.05, 4.69) is 28.1 Å². The highest BCUT2D eigenvalue weighted by atomic mass is 79.9. The standard InChI is InChI=1S/C13H18BrNO2/c14-11-2-3-12-10(8-11)4-5-13(12,9-15)17-7-1-6-16/h2-3,8,16H,1,4-7,9,15H2. The number of benzene rings is 1. The molecule has 0 radical (unpaired) electrons. The Hall–Kier alpha value is -0.420. The first kappa shape index (κ1) is 13.0. The zero-order chi connectivity index (χ0) is 12.3. The van der Waals surface area contributed by atoms with Crippen LogP contribution in [-0.2, 0) is 16.8 Å². The van der Waals surface area contributed by atoms with Gasteiger partial charge in [0, 0.05) is 17.6 Å². The Labute approximate surface area is 110 Å². The van der Waals surface area contributed by atoms with E-state index in [1.54, 1.807) is 0 Å². The summed E-state index contributed by atoms with van der Waals surface area (Å²) < 4.78 is 7.04. The number of nitrogens with two attached hydrogens (primary N) is 1. The van der Waals surface area contributed by atoms with Gasteiger partial charge in [-0.05, 0) is 42.5 Å². The largest absolute Gasteiger partial charge is 0.396 e. The number of hydrogen-bond acceptors (Lipinski definition) is 3. The molecule has 1 aromatic rings. The molecule has 0 saturated carbocycles. The number of ether oxygens (including phenoxy) is 1. The third-order valence-electron chi connectivity index (χ3n) is 3.37. The molecule has 94 valence electrons. The molecule has 3 nitrogen and oxygen atoms in total. The van der Waals surface area contributed by atoms with Crippen LogP contribution in [0.15, 0.2) is 22.7 Å².